The molecule has 0 radical (unpaired) electrons. The summed E-state index contributed by atoms with van der Waals surface area (Å²) in [4.78, 5) is 30.7. The van der Waals surface area contributed by atoms with Gasteiger partial charge in [-0.2, -0.15) is 0 Å². The largest absolute Gasteiger partial charge is 0.463 e. The number of aliphatic hydroxyl groups is 2. The second-order valence-electron chi connectivity index (χ2n) is 10.8. The van der Waals surface area contributed by atoms with Crippen molar-refractivity contribution in [3.05, 3.63) is 47.4 Å². The maximum Gasteiger partial charge on any atom is 0.308 e. The average Bonchev–Trinajstić information content (AvgIpc) is 2.96. The van der Waals surface area contributed by atoms with E-state index in [2.05, 4.69) is 9.97 Å². The van der Waals surface area contributed by atoms with E-state index in [1.807, 2.05) is 13.8 Å². The molecule has 0 saturated heterocycles. The first kappa shape index (κ1) is 40.0. The summed E-state index contributed by atoms with van der Waals surface area (Å²) >= 11 is 0. The van der Waals surface area contributed by atoms with Crippen molar-refractivity contribution in [2.45, 2.75) is 76.8 Å². The van der Waals surface area contributed by atoms with E-state index in [0.29, 0.717) is 23.2 Å². The van der Waals surface area contributed by atoms with Crippen molar-refractivity contribution in [1.82, 2.24) is 20.7 Å². The molecule has 0 bridgehead atoms. The minimum absolute atomic E-state index is 0.113. The number of anilines is 1. The number of nitrogens with zero attached hydrogens (tertiary/aromatic N) is 5. The third-order valence-corrected chi connectivity index (χ3v) is 7.82. The third-order valence-electron chi connectivity index (χ3n) is 6.66. The first-order chi connectivity index (χ1) is 21.9. The summed E-state index contributed by atoms with van der Waals surface area (Å²) in [5.41, 5.74) is 1.54. The fourth-order valence-electron chi connectivity index (χ4n) is 4.31. The summed E-state index contributed by atoms with van der Waals surface area (Å²) in [5, 5.41) is 55.9. The van der Waals surface area contributed by atoms with Crippen LogP contribution >= 0.6 is 0 Å². The highest BCUT2D eigenvalue weighted by Crippen LogP contribution is 2.32. The Hall–Kier alpha value is -3.21. The van der Waals surface area contributed by atoms with Crippen LogP contribution in [0.25, 0.3) is 17.3 Å². The Morgan fingerprint density at radius 1 is 1.02 bits per heavy atom. The van der Waals surface area contributed by atoms with Crippen LogP contribution in [0.5, 0.6) is 0 Å². The molecule has 1 heterocycles. The lowest BCUT2D eigenvalue weighted by Gasteiger charge is -2.27. The second kappa shape index (κ2) is 18.4. The molecule has 0 amide bonds. The molecule has 0 fully saturated rings. The molecule has 47 heavy (non-hydrogen) atoms. The van der Waals surface area contributed by atoms with E-state index >= 15 is 0 Å². The van der Waals surface area contributed by atoms with Gasteiger partial charge in [0.1, 0.15) is 24.6 Å². The number of hydrogen-bond donors (Lipinski definition) is 6. The number of carbonyl (C=O) groups excluding carboxylic acids is 1. The number of ether oxygens (including phenoxy) is 1. The number of carbonyl (C=O) groups is 1. The van der Waals surface area contributed by atoms with Crippen LogP contribution in [0.2, 0.25) is 0 Å². The molecule has 4 atom stereocenters. The van der Waals surface area contributed by atoms with Crippen molar-refractivity contribution in [1.29, 1.82) is 0 Å². The van der Waals surface area contributed by atoms with Crippen molar-refractivity contribution in [2.24, 2.45) is 0 Å². The lowest BCUT2D eigenvalue weighted by molar-refractivity contribution is -0.539. The van der Waals surface area contributed by atoms with Gasteiger partial charge < -0.3 is 14.9 Å². The van der Waals surface area contributed by atoms with Gasteiger partial charge in [-0.25, -0.2) is 36.8 Å². The molecule has 0 aliphatic carbocycles. The topological polar surface area (TPSA) is 236 Å². The molecule has 1 aromatic carbocycles. The monoisotopic (exact) mass is 691 g/mol. The number of halogens is 1. The molecule has 0 aliphatic heterocycles. The molecule has 19 heteroatoms. The summed E-state index contributed by atoms with van der Waals surface area (Å²) in [5.74, 6) is -1.82. The van der Waals surface area contributed by atoms with E-state index in [0.717, 1.165) is 10.6 Å². The van der Waals surface area contributed by atoms with Gasteiger partial charge in [-0.3, -0.25) is 25.6 Å². The van der Waals surface area contributed by atoms with E-state index in [-0.39, 0.29) is 30.4 Å². The van der Waals surface area contributed by atoms with Crippen molar-refractivity contribution in [3.8, 4) is 11.3 Å². The van der Waals surface area contributed by atoms with E-state index in [4.69, 9.17) is 35.2 Å². The van der Waals surface area contributed by atoms with Gasteiger partial charge >= 0.3 is 5.97 Å². The summed E-state index contributed by atoms with van der Waals surface area (Å²) in [6.07, 6.45) is -1.83. The molecule has 2 rings (SSSR count). The zero-order chi connectivity index (χ0) is 35.5. The predicted molar refractivity (Wildman–Crippen MR) is 161 cm³/mol. The summed E-state index contributed by atoms with van der Waals surface area (Å²) in [6, 6.07) is 5.35. The van der Waals surface area contributed by atoms with Gasteiger partial charge in [-0.1, -0.05) is 39.3 Å². The number of aliphatic hydroxyl groups excluding tert-OH is 2. The van der Waals surface area contributed by atoms with Gasteiger partial charge in [0.25, 0.3) is 0 Å². The van der Waals surface area contributed by atoms with Crippen LogP contribution in [-0.4, -0.2) is 111 Å². The molecule has 4 unspecified atom stereocenters. The highest BCUT2D eigenvalue weighted by atomic mass is 32.2. The number of benzene rings is 1. The molecule has 0 saturated carbocycles. The third kappa shape index (κ3) is 13.1. The van der Waals surface area contributed by atoms with E-state index in [1.54, 1.807) is 6.92 Å². The van der Waals surface area contributed by atoms with Crippen LogP contribution in [0.1, 0.15) is 63.6 Å². The lowest BCUT2D eigenvalue weighted by Crippen LogP contribution is -2.42. The van der Waals surface area contributed by atoms with Crippen LogP contribution < -0.4 is 4.31 Å². The highest BCUT2D eigenvalue weighted by molar-refractivity contribution is 7.92. The normalized spacial score (nSPS) is 15.0. The van der Waals surface area contributed by atoms with Gasteiger partial charge in [0.05, 0.1) is 47.1 Å². The number of hydrogen-bond acceptors (Lipinski definition) is 16. The maximum absolute atomic E-state index is 13.7. The molecule has 0 spiro atoms. The van der Waals surface area contributed by atoms with Gasteiger partial charge in [0.2, 0.25) is 16.0 Å². The van der Waals surface area contributed by atoms with Gasteiger partial charge in [0, 0.05) is 24.6 Å². The summed E-state index contributed by atoms with van der Waals surface area (Å²) in [7, 11) is -2.43. The Morgan fingerprint density at radius 2 is 1.62 bits per heavy atom. The van der Waals surface area contributed by atoms with Crippen LogP contribution in [-0.2, 0) is 29.2 Å². The molecule has 2 aromatic rings. The fraction of sp³-hybridized carbons (Fsp3) is 0.536. The van der Waals surface area contributed by atoms with E-state index in [1.165, 1.54) is 43.5 Å². The fourth-order valence-corrected chi connectivity index (χ4v) is 4.69. The summed E-state index contributed by atoms with van der Waals surface area (Å²) in [6.45, 7) is 4.72. The minimum Gasteiger partial charge on any atom is -0.463 e. The lowest BCUT2D eigenvalue weighted by atomic mass is 9.97. The zero-order valence-electron chi connectivity index (χ0n) is 26.5. The quantitative estimate of drug-likeness (QED) is 0.0916. The van der Waals surface area contributed by atoms with Gasteiger partial charge in [-0.15, -0.1) is 0 Å². The average molecular weight is 692 g/mol. The van der Waals surface area contributed by atoms with Crippen molar-refractivity contribution in [2.75, 3.05) is 24.2 Å². The summed E-state index contributed by atoms with van der Waals surface area (Å²) < 4.78 is 44.1. The van der Waals surface area contributed by atoms with E-state index in [9.17, 15) is 27.8 Å². The van der Waals surface area contributed by atoms with Crippen LogP contribution in [0.15, 0.2) is 30.3 Å². The molecule has 6 N–H and O–H groups in total. The van der Waals surface area contributed by atoms with Crippen LogP contribution in [0, 0.1) is 5.82 Å². The second-order valence-corrected chi connectivity index (χ2v) is 12.9. The van der Waals surface area contributed by atoms with E-state index < -0.39 is 70.0 Å². The number of esters is 1. The molecule has 17 nitrogen and oxygen atoms in total. The van der Waals surface area contributed by atoms with Crippen LogP contribution in [0.4, 0.5) is 10.3 Å². The molecular weight excluding hydrogens is 649 g/mol. The van der Waals surface area contributed by atoms with Crippen molar-refractivity contribution < 1.29 is 63.1 Å². The first-order valence-electron chi connectivity index (χ1n) is 14.4. The standard InChI is InChI=1S/C28H42FN5O12S/c1-6-7-23(45-33(38)39)24(46-34(40)41)16-44-25(37)15-21(36)14-20(35)12-13-22-26(17(2)3)30-28(32(4)47(5,42)43)31-27(22)18-8-10-19(29)11-9-18/h8-13,17,20-21,23-24,35-36,38-41H,6-7,14-16H2,1-5H3/b13-12+. The Labute approximate surface area is 271 Å². The predicted octanol–water partition coefficient (Wildman–Crippen LogP) is 2.42. The highest BCUT2D eigenvalue weighted by Gasteiger charge is 2.29. The smallest absolute Gasteiger partial charge is 0.308 e. The maximum atomic E-state index is 13.7. The Kier molecular flexibility index (Phi) is 15.6. The molecular formula is C28H42FN5O12S. The Bertz CT molecular complexity index is 1430. The van der Waals surface area contributed by atoms with Crippen molar-refractivity contribution >= 4 is 28.0 Å². The first-order valence-corrected chi connectivity index (χ1v) is 16.3. The Morgan fingerprint density at radius 3 is 2.15 bits per heavy atom. The zero-order valence-corrected chi connectivity index (χ0v) is 27.4. The number of rotatable bonds is 19. The van der Waals surface area contributed by atoms with Crippen LogP contribution in [0.3, 0.4) is 0 Å². The number of aromatic nitrogens is 2. The minimum atomic E-state index is -3.73. The number of sulfonamides is 1. The SMILES string of the molecule is CCCC(ON(O)O)C(COC(=O)CC(O)CC(O)/C=C/c1c(-c2ccc(F)cc2)nc(N(C)S(C)(=O)=O)nc1C(C)C)ON(O)O. The molecule has 264 valence electrons. The van der Waals surface area contributed by atoms with Gasteiger partial charge in [-0.05, 0) is 36.6 Å². The van der Waals surface area contributed by atoms with Crippen molar-refractivity contribution in [3.63, 3.8) is 0 Å². The van der Waals surface area contributed by atoms with Gasteiger partial charge in [0.15, 0.2) is 0 Å². The Balaban J connectivity index is 2.24. The molecule has 1 aromatic heterocycles. The molecule has 0 aliphatic rings.